The zero-order valence-corrected chi connectivity index (χ0v) is 18.0. The molecule has 0 aliphatic rings. The van der Waals surface area contributed by atoms with Crippen LogP contribution in [0.1, 0.15) is 36.5 Å². The van der Waals surface area contributed by atoms with E-state index >= 15 is 0 Å². The van der Waals surface area contributed by atoms with Gasteiger partial charge in [0, 0.05) is 24.3 Å². The highest BCUT2D eigenvalue weighted by molar-refractivity contribution is 9.10. The second-order valence-corrected chi connectivity index (χ2v) is 7.72. The van der Waals surface area contributed by atoms with Gasteiger partial charge in [0.2, 0.25) is 0 Å². The molecule has 2 rings (SSSR count). The molecule has 6 heteroatoms. The van der Waals surface area contributed by atoms with E-state index in [1.807, 2.05) is 62.3 Å². The van der Waals surface area contributed by atoms with Crippen LogP contribution in [0.3, 0.4) is 0 Å². The molecule has 0 radical (unpaired) electrons. The van der Waals surface area contributed by atoms with Crippen LogP contribution in [0.15, 0.2) is 46.0 Å². The Morgan fingerprint density at radius 3 is 2.52 bits per heavy atom. The number of hydrogen-bond acceptors (Lipinski definition) is 4. The highest BCUT2D eigenvalue weighted by atomic mass is 79.9. The SMILES string of the molecule is Cc1cc(OCC(=O)NN=Cc2ccc(N(C)C)cc2)c(C(C)C)cc1Br. The molecule has 0 aliphatic heterocycles. The Hall–Kier alpha value is -2.34. The molecular weight excluding hydrogens is 406 g/mol. The molecule has 0 aliphatic carbocycles. The van der Waals surface area contributed by atoms with Crippen LogP contribution in [0.4, 0.5) is 5.69 Å². The van der Waals surface area contributed by atoms with Gasteiger partial charge in [-0.05, 0) is 53.8 Å². The lowest BCUT2D eigenvalue weighted by atomic mass is 10.0. The van der Waals surface area contributed by atoms with Gasteiger partial charge in [0.05, 0.1) is 6.21 Å². The average molecular weight is 432 g/mol. The fourth-order valence-corrected chi connectivity index (χ4v) is 2.82. The highest BCUT2D eigenvalue weighted by Crippen LogP contribution is 2.32. The van der Waals surface area contributed by atoms with Crippen LogP contribution >= 0.6 is 15.9 Å². The standard InChI is InChI=1S/C21H26BrN3O2/c1-14(2)18-11-19(22)15(3)10-20(18)27-13-21(26)24-23-12-16-6-8-17(9-7-16)25(4)5/h6-12,14H,13H2,1-5H3,(H,24,26). The monoisotopic (exact) mass is 431 g/mol. The first-order chi connectivity index (χ1) is 12.8. The maximum Gasteiger partial charge on any atom is 0.277 e. The number of nitrogens with zero attached hydrogens (tertiary/aromatic N) is 2. The van der Waals surface area contributed by atoms with Crippen LogP contribution in [0.5, 0.6) is 5.75 Å². The minimum atomic E-state index is -0.300. The summed E-state index contributed by atoms with van der Waals surface area (Å²) in [6.07, 6.45) is 1.61. The second kappa shape index (κ2) is 9.55. The number of carbonyl (C=O) groups is 1. The molecule has 0 unspecified atom stereocenters. The Bertz CT molecular complexity index is 815. The first kappa shape index (κ1) is 21.0. The van der Waals surface area contributed by atoms with E-state index in [2.05, 4.69) is 40.3 Å². The molecule has 144 valence electrons. The molecule has 27 heavy (non-hydrogen) atoms. The number of anilines is 1. The van der Waals surface area contributed by atoms with E-state index in [1.54, 1.807) is 6.21 Å². The Kier molecular flexibility index (Phi) is 7.42. The number of amides is 1. The molecule has 5 nitrogen and oxygen atoms in total. The average Bonchev–Trinajstić information content (AvgIpc) is 2.62. The first-order valence-electron chi connectivity index (χ1n) is 8.80. The third-order valence-electron chi connectivity index (χ3n) is 4.08. The van der Waals surface area contributed by atoms with Gasteiger partial charge in [-0.3, -0.25) is 4.79 Å². The van der Waals surface area contributed by atoms with Crippen molar-refractivity contribution in [3.05, 3.63) is 57.6 Å². The van der Waals surface area contributed by atoms with E-state index in [0.717, 1.165) is 32.6 Å². The van der Waals surface area contributed by atoms with Crippen molar-refractivity contribution >= 4 is 33.7 Å². The van der Waals surface area contributed by atoms with Crippen molar-refractivity contribution in [2.45, 2.75) is 26.7 Å². The summed E-state index contributed by atoms with van der Waals surface area (Å²) in [5.74, 6) is 0.721. The van der Waals surface area contributed by atoms with Gasteiger partial charge in [-0.15, -0.1) is 0 Å². The molecule has 2 aromatic carbocycles. The summed E-state index contributed by atoms with van der Waals surface area (Å²) in [6.45, 7) is 6.09. The first-order valence-corrected chi connectivity index (χ1v) is 9.59. The zero-order chi connectivity index (χ0) is 20.0. The summed E-state index contributed by atoms with van der Waals surface area (Å²) in [5.41, 5.74) is 6.64. The van der Waals surface area contributed by atoms with Crippen molar-refractivity contribution < 1.29 is 9.53 Å². The number of hydrogen-bond donors (Lipinski definition) is 1. The van der Waals surface area contributed by atoms with Gasteiger partial charge in [0.1, 0.15) is 5.75 Å². The molecular formula is C21H26BrN3O2. The van der Waals surface area contributed by atoms with E-state index in [-0.39, 0.29) is 12.5 Å². The van der Waals surface area contributed by atoms with Gasteiger partial charge >= 0.3 is 0 Å². The summed E-state index contributed by atoms with van der Waals surface area (Å²) >= 11 is 3.54. The summed E-state index contributed by atoms with van der Waals surface area (Å²) in [6, 6.07) is 11.9. The van der Waals surface area contributed by atoms with E-state index in [4.69, 9.17) is 4.74 Å². The Morgan fingerprint density at radius 2 is 1.93 bits per heavy atom. The van der Waals surface area contributed by atoms with E-state index < -0.39 is 0 Å². The molecule has 0 fully saturated rings. The maximum atomic E-state index is 12.0. The Labute approximate surface area is 169 Å². The molecule has 0 heterocycles. The minimum Gasteiger partial charge on any atom is -0.483 e. The summed E-state index contributed by atoms with van der Waals surface area (Å²) in [4.78, 5) is 14.0. The summed E-state index contributed by atoms with van der Waals surface area (Å²) in [7, 11) is 3.97. The van der Waals surface area contributed by atoms with Gasteiger partial charge in [-0.1, -0.05) is 41.9 Å². The lowest BCUT2D eigenvalue weighted by Crippen LogP contribution is -2.25. The second-order valence-electron chi connectivity index (χ2n) is 6.86. The predicted octanol–water partition coefficient (Wildman–Crippen LogP) is 4.48. The molecule has 1 N–H and O–H groups in total. The van der Waals surface area contributed by atoms with Crippen LogP contribution in [0, 0.1) is 6.92 Å². The smallest absolute Gasteiger partial charge is 0.277 e. The van der Waals surface area contributed by atoms with Crippen molar-refractivity contribution in [1.29, 1.82) is 0 Å². The Balaban J connectivity index is 1.92. The van der Waals surface area contributed by atoms with E-state index in [9.17, 15) is 4.79 Å². The lowest BCUT2D eigenvalue weighted by molar-refractivity contribution is -0.123. The zero-order valence-electron chi connectivity index (χ0n) is 16.4. The van der Waals surface area contributed by atoms with Crippen molar-refractivity contribution in [3.8, 4) is 5.75 Å². The van der Waals surface area contributed by atoms with Crippen LogP contribution in [0.25, 0.3) is 0 Å². The molecule has 0 aromatic heterocycles. The summed E-state index contributed by atoms with van der Waals surface area (Å²) in [5, 5.41) is 3.99. The summed E-state index contributed by atoms with van der Waals surface area (Å²) < 4.78 is 6.76. The number of rotatable bonds is 7. The van der Waals surface area contributed by atoms with Crippen LogP contribution in [-0.4, -0.2) is 32.8 Å². The van der Waals surface area contributed by atoms with Crippen molar-refractivity contribution in [1.82, 2.24) is 5.43 Å². The quantitative estimate of drug-likeness (QED) is 0.519. The molecule has 0 spiro atoms. The van der Waals surface area contributed by atoms with E-state index in [1.165, 1.54) is 0 Å². The maximum absolute atomic E-state index is 12.0. The predicted molar refractivity (Wildman–Crippen MR) is 115 cm³/mol. The van der Waals surface area contributed by atoms with Crippen molar-refractivity contribution in [2.24, 2.45) is 5.10 Å². The minimum absolute atomic E-state index is 0.0856. The number of ether oxygens (including phenoxy) is 1. The lowest BCUT2D eigenvalue weighted by Gasteiger charge is -2.15. The largest absolute Gasteiger partial charge is 0.483 e. The van der Waals surface area contributed by atoms with Gasteiger partial charge in [-0.25, -0.2) is 5.43 Å². The van der Waals surface area contributed by atoms with E-state index in [0.29, 0.717) is 5.92 Å². The van der Waals surface area contributed by atoms with Gasteiger partial charge in [0.25, 0.3) is 5.91 Å². The number of halogens is 1. The molecule has 0 bridgehead atoms. The molecule has 0 atom stereocenters. The molecule has 1 amide bonds. The van der Waals surface area contributed by atoms with Gasteiger partial charge in [0.15, 0.2) is 6.61 Å². The van der Waals surface area contributed by atoms with Crippen LogP contribution in [0.2, 0.25) is 0 Å². The van der Waals surface area contributed by atoms with Crippen LogP contribution < -0.4 is 15.1 Å². The molecule has 0 saturated heterocycles. The fourth-order valence-electron chi connectivity index (χ4n) is 2.46. The third kappa shape index (κ3) is 6.10. The number of hydrazone groups is 1. The topological polar surface area (TPSA) is 53.9 Å². The fraction of sp³-hybridized carbons (Fsp3) is 0.333. The number of benzene rings is 2. The highest BCUT2D eigenvalue weighted by Gasteiger charge is 2.12. The normalized spacial score (nSPS) is 11.1. The number of carbonyl (C=O) groups excluding carboxylic acids is 1. The molecule has 2 aromatic rings. The third-order valence-corrected chi connectivity index (χ3v) is 4.94. The Morgan fingerprint density at radius 1 is 1.26 bits per heavy atom. The van der Waals surface area contributed by atoms with Gasteiger partial charge < -0.3 is 9.64 Å². The van der Waals surface area contributed by atoms with Gasteiger partial charge in [-0.2, -0.15) is 5.10 Å². The number of nitrogens with one attached hydrogen (secondary N) is 1. The van der Waals surface area contributed by atoms with Crippen LogP contribution in [-0.2, 0) is 4.79 Å². The van der Waals surface area contributed by atoms with Crippen molar-refractivity contribution in [2.75, 3.05) is 25.6 Å². The van der Waals surface area contributed by atoms with Crippen molar-refractivity contribution in [3.63, 3.8) is 0 Å². The number of aryl methyl sites for hydroxylation is 1. The molecule has 0 saturated carbocycles.